The molecule has 1 aliphatic heterocycles. The Morgan fingerprint density at radius 1 is 0.893 bits per heavy atom. The van der Waals surface area contributed by atoms with Gasteiger partial charge in [-0.3, -0.25) is 14.4 Å². The number of carbonyl (C=O) groups excluding carboxylic acids is 3. The fourth-order valence-electron chi connectivity index (χ4n) is 3.42. The van der Waals surface area contributed by atoms with Crippen molar-refractivity contribution in [1.82, 2.24) is 14.8 Å². The molecule has 1 N–H and O–H groups in total. The predicted molar refractivity (Wildman–Crippen MR) is 102 cm³/mol. The Labute approximate surface area is 160 Å². The summed E-state index contributed by atoms with van der Waals surface area (Å²) in [6.07, 6.45) is 1.43. The van der Waals surface area contributed by atoms with Crippen molar-refractivity contribution in [2.75, 3.05) is 26.2 Å². The third-order valence-electron chi connectivity index (χ3n) is 4.96. The van der Waals surface area contributed by atoms with Crippen LogP contribution < -0.4 is 0 Å². The number of halogens is 1. The Balaban J connectivity index is 1.44. The van der Waals surface area contributed by atoms with E-state index in [4.69, 9.17) is 0 Å². The molecule has 0 unspecified atom stereocenters. The third kappa shape index (κ3) is 3.26. The summed E-state index contributed by atoms with van der Waals surface area (Å²) >= 11 is 0. The van der Waals surface area contributed by atoms with Crippen LogP contribution in [0.3, 0.4) is 0 Å². The Bertz CT molecular complexity index is 1050. The van der Waals surface area contributed by atoms with Crippen LogP contribution in [0.1, 0.15) is 20.7 Å². The van der Waals surface area contributed by atoms with E-state index in [-0.39, 0.29) is 24.6 Å². The molecule has 1 saturated heterocycles. The molecule has 3 aromatic rings. The van der Waals surface area contributed by atoms with Gasteiger partial charge in [0.2, 0.25) is 0 Å². The molecule has 0 radical (unpaired) electrons. The van der Waals surface area contributed by atoms with Gasteiger partial charge < -0.3 is 14.8 Å². The number of rotatable bonds is 3. The number of ketones is 1. The molecule has 0 bridgehead atoms. The molecule has 1 aromatic heterocycles. The van der Waals surface area contributed by atoms with Crippen molar-refractivity contribution >= 4 is 28.5 Å². The largest absolute Gasteiger partial charge is 0.360 e. The SMILES string of the molecule is O=C(C(=O)N1CCN(C(=O)c2ccccc2)CC1)c1c[nH]c2ccc(F)cc12. The average molecular weight is 379 g/mol. The molecule has 2 amide bonds. The number of Topliss-reactive ketones (excluding diaryl/α,β-unsaturated/α-hetero) is 1. The lowest BCUT2D eigenvalue weighted by Crippen LogP contribution is -2.52. The fraction of sp³-hybridized carbons (Fsp3) is 0.190. The summed E-state index contributed by atoms with van der Waals surface area (Å²) in [5, 5.41) is 0.385. The molecule has 0 saturated carbocycles. The number of nitrogens with zero attached hydrogens (tertiary/aromatic N) is 2. The van der Waals surface area contributed by atoms with E-state index in [0.29, 0.717) is 29.6 Å². The van der Waals surface area contributed by atoms with E-state index in [9.17, 15) is 18.8 Å². The van der Waals surface area contributed by atoms with E-state index in [1.54, 1.807) is 29.2 Å². The monoisotopic (exact) mass is 379 g/mol. The van der Waals surface area contributed by atoms with Gasteiger partial charge in [0.25, 0.3) is 17.6 Å². The van der Waals surface area contributed by atoms with Gasteiger partial charge in [-0.15, -0.1) is 0 Å². The van der Waals surface area contributed by atoms with Crippen molar-refractivity contribution < 1.29 is 18.8 Å². The molecule has 7 heteroatoms. The highest BCUT2D eigenvalue weighted by Gasteiger charge is 2.30. The first-order valence-electron chi connectivity index (χ1n) is 8.99. The molecule has 0 spiro atoms. The molecule has 4 rings (SSSR count). The Morgan fingerprint density at radius 3 is 2.29 bits per heavy atom. The quantitative estimate of drug-likeness (QED) is 0.561. The van der Waals surface area contributed by atoms with E-state index >= 15 is 0 Å². The first kappa shape index (κ1) is 17.9. The molecule has 0 atom stereocenters. The lowest BCUT2D eigenvalue weighted by Gasteiger charge is -2.34. The number of hydrogen-bond acceptors (Lipinski definition) is 3. The van der Waals surface area contributed by atoms with Gasteiger partial charge in [-0.1, -0.05) is 18.2 Å². The lowest BCUT2D eigenvalue weighted by molar-refractivity contribution is -0.127. The van der Waals surface area contributed by atoms with Crippen LogP contribution in [-0.2, 0) is 4.79 Å². The number of amides is 2. The Morgan fingerprint density at radius 2 is 1.57 bits per heavy atom. The van der Waals surface area contributed by atoms with Gasteiger partial charge >= 0.3 is 0 Å². The molecule has 28 heavy (non-hydrogen) atoms. The number of nitrogens with one attached hydrogen (secondary N) is 1. The summed E-state index contributed by atoms with van der Waals surface area (Å²) in [5.74, 6) is -1.88. The number of fused-ring (bicyclic) bond motifs is 1. The summed E-state index contributed by atoms with van der Waals surface area (Å²) in [4.78, 5) is 43.8. The molecule has 6 nitrogen and oxygen atoms in total. The molecule has 0 aliphatic carbocycles. The number of piperazine rings is 1. The van der Waals surface area contributed by atoms with E-state index < -0.39 is 17.5 Å². The summed E-state index contributed by atoms with van der Waals surface area (Å²) in [6.45, 7) is 1.27. The van der Waals surface area contributed by atoms with E-state index in [1.807, 2.05) is 6.07 Å². The summed E-state index contributed by atoms with van der Waals surface area (Å²) in [6, 6.07) is 13.0. The first-order valence-corrected chi connectivity index (χ1v) is 8.99. The van der Waals surface area contributed by atoms with Crippen LogP contribution in [-0.4, -0.2) is 58.6 Å². The predicted octanol–water partition coefficient (Wildman–Crippen LogP) is 2.47. The highest BCUT2D eigenvalue weighted by Crippen LogP contribution is 2.21. The van der Waals surface area contributed by atoms with Crippen LogP contribution in [0.15, 0.2) is 54.7 Å². The van der Waals surface area contributed by atoms with E-state index in [2.05, 4.69) is 4.98 Å². The van der Waals surface area contributed by atoms with Crippen molar-refractivity contribution in [3.63, 3.8) is 0 Å². The van der Waals surface area contributed by atoms with Gasteiger partial charge in [0.1, 0.15) is 5.82 Å². The number of aromatic amines is 1. The fourth-order valence-corrected chi connectivity index (χ4v) is 3.42. The van der Waals surface area contributed by atoms with E-state index in [0.717, 1.165) is 0 Å². The van der Waals surface area contributed by atoms with Crippen molar-refractivity contribution in [1.29, 1.82) is 0 Å². The molecule has 2 heterocycles. The summed E-state index contributed by atoms with van der Waals surface area (Å²) in [7, 11) is 0. The van der Waals surface area contributed by atoms with Crippen LogP contribution in [0.2, 0.25) is 0 Å². The third-order valence-corrected chi connectivity index (χ3v) is 4.96. The second-order valence-electron chi connectivity index (χ2n) is 6.67. The standard InChI is InChI=1S/C21H18FN3O3/c22-15-6-7-18-16(12-15)17(13-23-18)19(26)21(28)25-10-8-24(9-11-25)20(27)14-4-2-1-3-5-14/h1-7,12-13,23H,8-11H2. The maximum Gasteiger partial charge on any atom is 0.295 e. The summed E-state index contributed by atoms with van der Waals surface area (Å²) in [5.41, 5.74) is 1.34. The second kappa shape index (κ2) is 7.26. The minimum atomic E-state index is -0.681. The van der Waals surface area contributed by atoms with Crippen molar-refractivity contribution in [2.24, 2.45) is 0 Å². The van der Waals surface area contributed by atoms with Gasteiger partial charge in [0, 0.05) is 48.8 Å². The van der Waals surface area contributed by atoms with Crippen LogP contribution in [0.25, 0.3) is 10.9 Å². The Hall–Kier alpha value is -3.48. The average Bonchev–Trinajstić information content (AvgIpc) is 3.16. The Kier molecular flexibility index (Phi) is 4.65. The molecule has 2 aromatic carbocycles. The normalized spacial score (nSPS) is 14.3. The zero-order valence-electron chi connectivity index (χ0n) is 15.0. The topological polar surface area (TPSA) is 73.5 Å². The molecule has 142 valence electrons. The van der Waals surface area contributed by atoms with Crippen molar-refractivity contribution in [3.05, 3.63) is 71.7 Å². The minimum Gasteiger partial charge on any atom is -0.360 e. The van der Waals surface area contributed by atoms with Gasteiger partial charge in [0.15, 0.2) is 0 Å². The number of aromatic nitrogens is 1. The number of hydrogen-bond donors (Lipinski definition) is 1. The van der Waals surface area contributed by atoms with E-state index in [1.165, 1.54) is 29.3 Å². The van der Waals surface area contributed by atoms with Gasteiger partial charge in [-0.05, 0) is 30.3 Å². The maximum atomic E-state index is 13.5. The number of H-pyrrole nitrogens is 1. The number of benzene rings is 2. The smallest absolute Gasteiger partial charge is 0.295 e. The maximum absolute atomic E-state index is 13.5. The summed E-state index contributed by atoms with van der Waals surface area (Å²) < 4.78 is 13.5. The molecular weight excluding hydrogens is 361 g/mol. The van der Waals surface area contributed by atoms with Crippen LogP contribution in [0.5, 0.6) is 0 Å². The molecule has 1 aliphatic rings. The second-order valence-corrected chi connectivity index (χ2v) is 6.67. The zero-order chi connectivity index (χ0) is 19.7. The first-order chi connectivity index (χ1) is 13.5. The van der Waals surface area contributed by atoms with Gasteiger partial charge in [-0.2, -0.15) is 0 Å². The lowest BCUT2D eigenvalue weighted by atomic mass is 10.1. The molecule has 1 fully saturated rings. The van der Waals surface area contributed by atoms with Crippen molar-refractivity contribution in [3.8, 4) is 0 Å². The van der Waals surface area contributed by atoms with Crippen LogP contribution >= 0.6 is 0 Å². The minimum absolute atomic E-state index is 0.0915. The van der Waals surface area contributed by atoms with Crippen molar-refractivity contribution in [2.45, 2.75) is 0 Å². The van der Waals surface area contributed by atoms with Crippen LogP contribution in [0, 0.1) is 5.82 Å². The molecular formula is C21H18FN3O3. The van der Waals surface area contributed by atoms with Crippen LogP contribution in [0.4, 0.5) is 4.39 Å². The number of carbonyl (C=O) groups is 3. The highest BCUT2D eigenvalue weighted by atomic mass is 19.1. The highest BCUT2D eigenvalue weighted by molar-refractivity contribution is 6.44. The van der Waals surface area contributed by atoms with Gasteiger partial charge in [0.05, 0.1) is 5.56 Å². The zero-order valence-corrected chi connectivity index (χ0v) is 15.0. The van der Waals surface area contributed by atoms with Gasteiger partial charge in [-0.25, -0.2) is 4.39 Å².